The second kappa shape index (κ2) is 5.32. The van der Waals surface area contributed by atoms with E-state index in [-0.39, 0.29) is 0 Å². The zero-order valence-electron chi connectivity index (χ0n) is 11.9. The number of ether oxygens (including phenoxy) is 2. The Morgan fingerprint density at radius 2 is 2.05 bits per heavy atom. The summed E-state index contributed by atoms with van der Waals surface area (Å²) in [4.78, 5) is 12.0. The zero-order valence-corrected chi connectivity index (χ0v) is 11.9. The molecule has 3 rings (SSSR count). The Bertz CT molecular complexity index is 782. The standard InChI is InChI=1S/C15H16N4O2/c1-3-21-13-7-6-12-15(18-13)19-14(17-12)10-8-9(20-2)4-5-11(10)16/h4-8H,3,16H2,1-2H3,(H,17,18,19). The van der Waals surface area contributed by atoms with Crippen molar-refractivity contribution in [2.24, 2.45) is 0 Å². The monoisotopic (exact) mass is 284 g/mol. The topological polar surface area (TPSA) is 86.0 Å². The van der Waals surface area contributed by atoms with Crippen molar-refractivity contribution in [1.82, 2.24) is 15.0 Å². The molecule has 6 nitrogen and oxygen atoms in total. The quantitative estimate of drug-likeness (QED) is 0.719. The fourth-order valence-corrected chi connectivity index (χ4v) is 2.10. The Labute approximate surface area is 121 Å². The van der Waals surface area contributed by atoms with Crippen LogP contribution in [0.1, 0.15) is 6.92 Å². The number of fused-ring (bicyclic) bond motifs is 1. The highest BCUT2D eigenvalue weighted by Gasteiger charge is 2.11. The highest BCUT2D eigenvalue weighted by atomic mass is 16.5. The molecule has 0 amide bonds. The van der Waals surface area contributed by atoms with Crippen molar-refractivity contribution in [3.05, 3.63) is 30.3 Å². The van der Waals surface area contributed by atoms with Crippen molar-refractivity contribution in [3.8, 4) is 23.0 Å². The summed E-state index contributed by atoms with van der Waals surface area (Å²) >= 11 is 0. The molecular weight excluding hydrogens is 268 g/mol. The summed E-state index contributed by atoms with van der Waals surface area (Å²) in [5.41, 5.74) is 8.85. The van der Waals surface area contributed by atoms with E-state index in [1.54, 1.807) is 13.2 Å². The number of pyridine rings is 1. The van der Waals surface area contributed by atoms with Crippen LogP contribution in [0.15, 0.2) is 30.3 Å². The first-order chi connectivity index (χ1) is 10.2. The van der Waals surface area contributed by atoms with Gasteiger partial charge in [0, 0.05) is 17.3 Å². The lowest BCUT2D eigenvalue weighted by Crippen LogP contribution is -1.94. The molecule has 3 aromatic rings. The molecular formula is C15H16N4O2. The number of H-pyrrole nitrogens is 1. The van der Waals surface area contributed by atoms with Crippen molar-refractivity contribution >= 4 is 16.9 Å². The predicted octanol–water partition coefficient (Wildman–Crippen LogP) is 2.61. The number of imidazole rings is 1. The lowest BCUT2D eigenvalue weighted by Gasteiger charge is -2.05. The average molecular weight is 284 g/mol. The highest BCUT2D eigenvalue weighted by Crippen LogP contribution is 2.29. The van der Waals surface area contributed by atoms with Crippen molar-refractivity contribution < 1.29 is 9.47 Å². The number of nitrogens with one attached hydrogen (secondary N) is 1. The minimum Gasteiger partial charge on any atom is -0.497 e. The van der Waals surface area contributed by atoms with Gasteiger partial charge < -0.3 is 20.2 Å². The summed E-state index contributed by atoms with van der Waals surface area (Å²) < 4.78 is 10.6. The second-order valence-electron chi connectivity index (χ2n) is 4.49. The minimum atomic E-state index is 0.557. The molecule has 0 radical (unpaired) electrons. The number of anilines is 1. The van der Waals surface area contributed by atoms with Gasteiger partial charge in [0.05, 0.1) is 19.2 Å². The van der Waals surface area contributed by atoms with Gasteiger partial charge in [0.2, 0.25) is 5.88 Å². The first-order valence-corrected chi connectivity index (χ1v) is 6.64. The van der Waals surface area contributed by atoms with Crippen LogP contribution < -0.4 is 15.2 Å². The van der Waals surface area contributed by atoms with Crippen molar-refractivity contribution in [2.75, 3.05) is 19.5 Å². The van der Waals surface area contributed by atoms with Gasteiger partial charge in [0.25, 0.3) is 0 Å². The molecule has 6 heteroatoms. The molecule has 0 aliphatic heterocycles. The van der Waals surface area contributed by atoms with Crippen LogP contribution in [0.25, 0.3) is 22.6 Å². The third-order valence-corrected chi connectivity index (χ3v) is 3.13. The Balaban J connectivity index is 2.08. The van der Waals surface area contributed by atoms with Crippen LogP contribution in [-0.2, 0) is 0 Å². The lowest BCUT2D eigenvalue weighted by atomic mass is 10.1. The first kappa shape index (κ1) is 13.2. The normalized spacial score (nSPS) is 10.8. The number of nitrogens with zero attached hydrogens (tertiary/aromatic N) is 2. The summed E-state index contributed by atoms with van der Waals surface area (Å²) in [5.74, 6) is 1.94. The molecule has 0 unspecified atom stereocenters. The second-order valence-corrected chi connectivity index (χ2v) is 4.49. The van der Waals surface area contributed by atoms with Crippen LogP contribution in [0.2, 0.25) is 0 Å². The first-order valence-electron chi connectivity index (χ1n) is 6.64. The Kier molecular flexibility index (Phi) is 3.35. The highest BCUT2D eigenvalue weighted by molar-refractivity contribution is 5.81. The van der Waals surface area contributed by atoms with Gasteiger partial charge in [-0.05, 0) is 31.2 Å². The molecule has 0 saturated carbocycles. The molecule has 0 aliphatic rings. The van der Waals surface area contributed by atoms with Gasteiger partial charge in [-0.3, -0.25) is 0 Å². The van der Waals surface area contributed by atoms with E-state index in [9.17, 15) is 0 Å². The molecule has 0 aliphatic carbocycles. The van der Waals surface area contributed by atoms with Crippen LogP contribution in [0, 0.1) is 0 Å². The van der Waals surface area contributed by atoms with E-state index in [2.05, 4.69) is 15.0 Å². The van der Waals surface area contributed by atoms with Crippen molar-refractivity contribution in [1.29, 1.82) is 0 Å². The lowest BCUT2D eigenvalue weighted by molar-refractivity contribution is 0.328. The van der Waals surface area contributed by atoms with E-state index in [1.807, 2.05) is 31.2 Å². The average Bonchev–Trinajstić information content (AvgIpc) is 2.91. The number of hydrogen-bond acceptors (Lipinski definition) is 5. The van der Waals surface area contributed by atoms with Crippen molar-refractivity contribution in [2.45, 2.75) is 6.92 Å². The molecule has 1 aromatic carbocycles. The molecule has 0 bridgehead atoms. The van der Waals surface area contributed by atoms with E-state index in [0.29, 0.717) is 29.6 Å². The molecule has 108 valence electrons. The van der Waals surface area contributed by atoms with E-state index >= 15 is 0 Å². The van der Waals surface area contributed by atoms with Gasteiger partial charge in [0.1, 0.15) is 11.6 Å². The summed E-state index contributed by atoms with van der Waals surface area (Å²) in [5, 5.41) is 0. The third-order valence-electron chi connectivity index (χ3n) is 3.13. The van der Waals surface area contributed by atoms with Crippen molar-refractivity contribution in [3.63, 3.8) is 0 Å². The number of methoxy groups -OCH3 is 1. The Hall–Kier alpha value is -2.76. The molecule has 21 heavy (non-hydrogen) atoms. The molecule has 0 saturated heterocycles. The van der Waals surface area contributed by atoms with Crippen LogP contribution in [0.3, 0.4) is 0 Å². The van der Waals surface area contributed by atoms with E-state index in [1.165, 1.54) is 0 Å². The third kappa shape index (κ3) is 2.47. The van der Waals surface area contributed by atoms with Crippen LogP contribution in [0.4, 0.5) is 5.69 Å². The minimum absolute atomic E-state index is 0.557. The number of rotatable bonds is 4. The van der Waals surface area contributed by atoms with E-state index in [4.69, 9.17) is 15.2 Å². The smallest absolute Gasteiger partial charge is 0.215 e. The molecule has 3 N–H and O–H groups in total. The molecule has 0 atom stereocenters. The van der Waals surface area contributed by atoms with E-state index in [0.717, 1.165) is 16.8 Å². The molecule has 2 aromatic heterocycles. The number of hydrogen-bond donors (Lipinski definition) is 2. The number of nitrogens with two attached hydrogens (primary N) is 1. The predicted molar refractivity (Wildman–Crippen MR) is 81.5 cm³/mol. The fraction of sp³-hybridized carbons (Fsp3) is 0.200. The number of nitrogen functional groups attached to an aromatic ring is 1. The van der Waals surface area contributed by atoms with Gasteiger partial charge in [-0.25, -0.2) is 4.98 Å². The Morgan fingerprint density at radius 1 is 1.19 bits per heavy atom. The van der Waals surface area contributed by atoms with Gasteiger partial charge in [-0.1, -0.05) is 0 Å². The van der Waals surface area contributed by atoms with E-state index < -0.39 is 0 Å². The van der Waals surface area contributed by atoms with Crippen LogP contribution in [0.5, 0.6) is 11.6 Å². The largest absolute Gasteiger partial charge is 0.497 e. The van der Waals surface area contributed by atoms with Crippen LogP contribution >= 0.6 is 0 Å². The SMILES string of the molecule is CCOc1ccc2[nH]c(-c3cc(OC)ccc3N)nc2n1. The fourth-order valence-electron chi connectivity index (χ4n) is 2.10. The van der Waals surface area contributed by atoms with Gasteiger partial charge in [0.15, 0.2) is 5.65 Å². The maximum Gasteiger partial charge on any atom is 0.215 e. The van der Waals surface area contributed by atoms with Gasteiger partial charge >= 0.3 is 0 Å². The molecule has 2 heterocycles. The Morgan fingerprint density at radius 3 is 2.81 bits per heavy atom. The number of benzene rings is 1. The summed E-state index contributed by atoms with van der Waals surface area (Å²) in [6.45, 7) is 2.48. The maximum absolute atomic E-state index is 6.01. The summed E-state index contributed by atoms with van der Waals surface area (Å²) in [6, 6.07) is 9.15. The maximum atomic E-state index is 6.01. The van der Waals surface area contributed by atoms with Gasteiger partial charge in [-0.15, -0.1) is 0 Å². The molecule has 0 fully saturated rings. The zero-order chi connectivity index (χ0) is 14.8. The van der Waals surface area contributed by atoms with Gasteiger partial charge in [-0.2, -0.15) is 4.98 Å². The van der Waals surface area contributed by atoms with Crippen LogP contribution in [-0.4, -0.2) is 28.7 Å². The summed E-state index contributed by atoms with van der Waals surface area (Å²) in [6.07, 6.45) is 0. The molecule has 0 spiro atoms. The number of aromatic amines is 1. The summed E-state index contributed by atoms with van der Waals surface area (Å²) in [7, 11) is 1.61. The number of aromatic nitrogens is 3.